The average Bonchev–Trinajstić information content (AvgIpc) is 2.64. The second kappa shape index (κ2) is 12.3. The van der Waals surface area contributed by atoms with E-state index in [4.69, 9.17) is 9.26 Å². The van der Waals surface area contributed by atoms with Crippen LogP contribution in [0.4, 0.5) is 0 Å². The lowest BCUT2D eigenvalue weighted by Gasteiger charge is -2.32. The van der Waals surface area contributed by atoms with Crippen molar-refractivity contribution in [3.8, 4) is 0 Å². The predicted molar refractivity (Wildman–Crippen MR) is 112 cm³/mol. The Balaban J connectivity index is 2.77. The Morgan fingerprint density at radius 1 is 1.21 bits per heavy atom. The first-order chi connectivity index (χ1) is 13.5. The Hall–Kier alpha value is -1.50. The fourth-order valence-corrected chi connectivity index (χ4v) is 3.90. The molecule has 1 aliphatic heterocycles. The zero-order valence-corrected chi connectivity index (χ0v) is 18.3. The van der Waals surface area contributed by atoms with E-state index in [1.165, 1.54) is 6.08 Å². The third-order valence-corrected chi connectivity index (χ3v) is 5.55. The largest absolute Gasteiger partial charge is 0.469 e. The highest BCUT2D eigenvalue weighted by atomic mass is 31.2. The van der Waals surface area contributed by atoms with Crippen LogP contribution in [-0.4, -0.2) is 39.2 Å². The lowest BCUT2D eigenvalue weighted by atomic mass is 9.85. The van der Waals surface area contributed by atoms with Gasteiger partial charge >= 0.3 is 13.8 Å². The normalized spacial score (nSPS) is 24.9. The van der Waals surface area contributed by atoms with Crippen LogP contribution in [-0.2, 0) is 18.6 Å². The first kappa shape index (κ1) is 25.5. The topological polar surface area (TPSA) is 113 Å². The van der Waals surface area contributed by atoms with Gasteiger partial charge in [0.15, 0.2) is 0 Å². The Bertz CT molecular complexity index is 677. The molecule has 0 unspecified atom stereocenters. The molecule has 0 bridgehead atoms. The van der Waals surface area contributed by atoms with Gasteiger partial charge in [0.2, 0.25) is 0 Å². The molecule has 3 N–H and O–H groups in total. The zero-order valence-electron chi connectivity index (χ0n) is 17.4. The predicted octanol–water partition coefficient (Wildman–Crippen LogP) is 3.68. The van der Waals surface area contributed by atoms with E-state index in [-0.39, 0.29) is 23.9 Å². The van der Waals surface area contributed by atoms with E-state index in [1.807, 2.05) is 32.9 Å². The van der Waals surface area contributed by atoms with Crippen molar-refractivity contribution in [1.29, 1.82) is 0 Å². The molecule has 0 fully saturated rings. The van der Waals surface area contributed by atoms with Crippen LogP contribution in [0, 0.1) is 17.8 Å². The Kier molecular flexibility index (Phi) is 10.8. The Labute approximate surface area is 173 Å². The van der Waals surface area contributed by atoms with Gasteiger partial charge in [-0.05, 0) is 25.7 Å². The van der Waals surface area contributed by atoms with Gasteiger partial charge in [-0.3, -0.25) is 4.52 Å². The Morgan fingerprint density at radius 3 is 2.48 bits per heavy atom. The number of carbonyl (C=O) groups is 1. The second-order valence-electron chi connectivity index (χ2n) is 7.45. The molecule has 7 nitrogen and oxygen atoms in total. The summed E-state index contributed by atoms with van der Waals surface area (Å²) in [5, 5.41) is 10.4. The van der Waals surface area contributed by atoms with E-state index in [0.717, 1.165) is 0 Å². The molecule has 0 aromatic heterocycles. The standard InChI is InChI=1S/C21H33O7P/c1-5-6-7-8-9-10-18(22)17(4)19(28-29(24,25)26)13-11-15(2)21-16(3)12-14-20(23)27-21/h5-10,12,14-19,21-22H,11,13H2,1-4H3,(H2,24,25,26)/t15-,16-,17-,18-,19-,21-/m0/s1. The first-order valence-corrected chi connectivity index (χ1v) is 11.3. The van der Waals surface area contributed by atoms with Gasteiger partial charge in [0.1, 0.15) is 6.10 Å². The number of aliphatic hydroxyl groups excluding tert-OH is 1. The fraction of sp³-hybridized carbons (Fsp3) is 0.571. The lowest BCUT2D eigenvalue weighted by molar-refractivity contribution is -0.149. The summed E-state index contributed by atoms with van der Waals surface area (Å²) in [5.41, 5.74) is 0. The van der Waals surface area contributed by atoms with E-state index in [1.54, 1.807) is 37.3 Å². The van der Waals surface area contributed by atoms with Crippen molar-refractivity contribution in [3.05, 3.63) is 48.6 Å². The average molecular weight is 428 g/mol. The molecular formula is C21H33O7P. The van der Waals surface area contributed by atoms with E-state index in [9.17, 15) is 24.3 Å². The van der Waals surface area contributed by atoms with Crippen LogP contribution < -0.4 is 0 Å². The number of carbonyl (C=O) groups excluding carboxylic acids is 1. The van der Waals surface area contributed by atoms with Crippen molar-refractivity contribution >= 4 is 13.8 Å². The van der Waals surface area contributed by atoms with Crippen molar-refractivity contribution in [2.45, 2.75) is 58.8 Å². The van der Waals surface area contributed by atoms with Crippen molar-refractivity contribution in [3.63, 3.8) is 0 Å². The molecular weight excluding hydrogens is 395 g/mol. The molecule has 0 spiro atoms. The van der Waals surface area contributed by atoms with Gasteiger partial charge in [-0.25, -0.2) is 9.36 Å². The maximum Gasteiger partial charge on any atom is 0.469 e. The van der Waals surface area contributed by atoms with Crippen LogP contribution in [0.15, 0.2) is 48.6 Å². The molecule has 0 amide bonds. The molecule has 29 heavy (non-hydrogen) atoms. The molecule has 0 aromatic carbocycles. The van der Waals surface area contributed by atoms with Gasteiger partial charge in [0.05, 0.1) is 12.2 Å². The van der Waals surface area contributed by atoms with Gasteiger partial charge in [-0.2, -0.15) is 0 Å². The fourth-order valence-electron chi connectivity index (χ4n) is 3.25. The van der Waals surface area contributed by atoms with Crippen LogP contribution in [0.2, 0.25) is 0 Å². The Morgan fingerprint density at radius 2 is 1.86 bits per heavy atom. The summed E-state index contributed by atoms with van der Waals surface area (Å²) in [6, 6.07) is 0. The van der Waals surface area contributed by atoms with Gasteiger partial charge in [0.25, 0.3) is 0 Å². The smallest absolute Gasteiger partial charge is 0.458 e. The number of hydrogen-bond donors (Lipinski definition) is 3. The minimum Gasteiger partial charge on any atom is -0.458 e. The number of ether oxygens (including phenoxy) is 1. The number of esters is 1. The number of aliphatic hydroxyl groups is 1. The van der Waals surface area contributed by atoms with Crippen LogP contribution in [0.1, 0.15) is 40.5 Å². The summed E-state index contributed by atoms with van der Waals surface area (Å²) in [4.78, 5) is 30.1. The minimum atomic E-state index is -4.73. The molecule has 0 aliphatic carbocycles. The quantitative estimate of drug-likeness (QED) is 0.261. The molecule has 8 heteroatoms. The minimum absolute atomic E-state index is 0.0366. The first-order valence-electron chi connectivity index (χ1n) is 9.82. The van der Waals surface area contributed by atoms with E-state index >= 15 is 0 Å². The van der Waals surface area contributed by atoms with Crippen LogP contribution in [0.25, 0.3) is 0 Å². The highest BCUT2D eigenvalue weighted by Gasteiger charge is 2.33. The molecule has 1 rings (SSSR count). The number of phosphoric ester groups is 1. The molecule has 0 saturated carbocycles. The summed E-state index contributed by atoms with van der Waals surface area (Å²) >= 11 is 0. The van der Waals surface area contributed by atoms with E-state index in [2.05, 4.69) is 0 Å². The second-order valence-corrected chi connectivity index (χ2v) is 8.65. The molecule has 0 saturated heterocycles. The van der Waals surface area contributed by atoms with Crippen LogP contribution in [0.3, 0.4) is 0 Å². The molecule has 0 aromatic rings. The third kappa shape index (κ3) is 9.70. The van der Waals surface area contributed by atoms with Crippen molar-refractivity contribution in [1.82, 2.24) is 0 Å². The van der Waals surface area contributed by atoms with Gasteiger partial charge < -0.3 is 19.6 Å². The van der Waals surface area contributed by atoms with Crippen molar-refractivity contribution in [2.75, 3.05) is 0 Å². The monoisotopic (exact) mass is 428 g/mol. The van der Waals surface area contributed by atoms with Gasteiger partial charge in [-0.15, -0.1) is 0 Å². The summed E-state index contributed by atoms with van der Waals surface area (Å²) in [7, 11) is -4.73. The summed E-state index contributed by atoms with van der Waals surface area (Å²) in [5.74, 6) is -0.917. The zero-order chi connectivity index (χ0) is 22.0. The molecule has 1 heterocycles. The maximum atomic E-state index is 11.5. The SMILES string of the molecule is CC=CC=CC=C[C@H](O)[C@H](C)[C@H](CC[C@H](C)[C@@H]1OC(=O)C=C[C@@H]1C)OP(=O)(O)O. The highest BCUT2D eigenvalue weighted by molar-refractivity contribution is 7.46. The van der Waals surface area contributed by atoms with Gasteiger partial charge in [-0.1, -0.05) is 63.3 Å². The molecule has 6 atom stereocenters. The number of phosphoric acid groups is 1. The van der Waals surface area contributed by atoms with E-state index in [0.29, 0.717) is 12.8 Å². The van der Waals surface area contributed by atoms with Gasteiger partial charge in [0, 0.05) is 17.9 Å². The van der Waals surface area contributed by atoms with Crippen molar-refractivity contribution in [2.24, 2.45) is 17.8 Å². The number of allylic oxidation sites excluding steroid dienone is 5. The van der Waals surface area contributed by atoms with E-state index < -0.39 is 25.9 Å². The molecule has 164 valence electrons. The molecule has 0 radical (unpaired) electrons. The highest BCUT2D eigenvalue weighted by Crippen LogP contribution is 2.41. The third-order valence-electron chi connectivity index (χ3n) is 5.01. The molecule has 1 aliphatic rings. The van der Waals surface area contributed by atoms with Crippen molar-refractivity contribution < 1.29 is 33.5 Å². The lowest BCUT2D eigenvalue weighted by Crippen LogP contribution is -2.35. The number of rotatable bonds is 11. The summed E-state index contributed by atoms with van der Waals surface area (Å²) in [6.07, 6.45) is 12.4. The summed E-state index contributed by atoms with van der Waals surface area (Å²) < 4.78 is 21.8. The number of hydrogen-bond acceptors (Lipinski definition) is 5. The van der Waals surface area contributed by atoms with Crippen LogP contribution >= 0.6 is 7.82 Å². The number of cyclic esters (lactones) is 1. The summed E-state index contributed by atoms with van der Waals surface area (Å²) in [6.45, 7) is 7.45. The maximum absolute atomic E-state index is 11.5. The van der Waals surface area contributed by atoms with Crippen LogP contribution in [0.5, 0.6) is 0 Å².